The predicted molar refractivity (Wildman–Crippen MR) is 135 cm³/mol. The summed E-state index contributed by atoms with van der Waals surface area (Å²) in [5, 5.41) is 2.82. The highest BCUT2D eigenvalue weighted by Gasteiger charge is 2.29. The molecule has 184 valence electrons. The lowest BCUT2D eigenvalue weighted by Crippen LogP contribution is -2.46. The van der Waals surface area contributed by atoms with E-state index in [9.17, 15) is 13.2 Å². The summed E-state index contributed by atoms with van der Waals surface area (Å²) in [5.74, 6) is 1.21. The lowest BCUT2D eigenvalue weighted by atomic mass is 10.1. The molecule has 1 N–H and O–H groups in total. The van der Waals surface area contributed by atoms with E-state index in [1.54, 1.807) is 12.1 Å². The molecule has 2 fully saturated rings. The Kier molecular flexibility index (Phi) is 6.62. The predicted octanol–water partition coefficient (Wildman–Crippen LogP) is 2.89. The molecule has 0 aliphatic carbocycles. The van der Waals surface area contributed by atoms with Crippen LogP contribution in [0, 0.1) is 6.92 Å². The lowest BCUT2D eigenvalue weighted by Gasteiger charge is -2.35. The summed E-state index contributed by atoms with van der Waals surface area (Å²) < 4.78 is 29.2. The minimum atomic E-state index is -3.04. The van der Waals surface area contributed by atoms with E-state index in [4.69, 9.17) is 9.40 Å². The molecule has 1 atom stereocenters. The van der Waals surface area contributed by atoms with Gasteiger partial charge in [-0.1, -0.05) is 18.2 Å². The largest absolute Gasteiger partial charge is 0.441 e. The zero-order valence-electron chi connectivity index (χ0n) is 19.8. The van der Waals surface area contributed by atoms with Gasteiger partial charge in [-0.15, -0.1) is 0 Å². The van der Waals surface area contributed by atoms with Gasteiger partial charge < -0.3 is 14.6 Å². The number of rotatable bonds is 6. The van der Waals surface area contributed by atoms with E-state index < -0.39 is 9.84 Å². The first kappa shape index (κ1) is 23.6. The van der Waals surface area contributed by atoms with Crippen LogP contribution in [-0.2, 0) is 16.4 Å². The maximum Gasteiger partial charge on any atom is 0.251 e. The number of anilines is 1. The number of amides is 1. The van der Waals surface area contributed by atoms with Crippen LogP contribution in [-0.4, -0.2) is 67.9 Å². The second kappa shape index (κ2) is 9.83. The molecule has 1 amide bonds. The van der Waals surface area contributed by atoms with E-state index in [1.807, 2.05) is 25.1 Å². The molecule has 35 heavy (non-hydrogen) atoms. The summed E-state index contributed by atoms with van der Waals surface area (Å²) in [5.41, 5.74) is 3.47. The van der Waals surface area contributed by atoms with Crippen LogP contribution in [0.4, 0.5) is 5.69 Å². The number of aryl methyl sites for hydroxylation is 1. The van der Waals surface area contributed by atoms with Gasteiger partial charge in [-0.2, -0.15) is 0 Å². The molecule has 2 aromatic carbocycles. The lowest BCUT2D eigenvalue weighted by molar-refractivity contribution is 0.0941. The van der Waals surface area contributed by atoms with Gasteiger partial charge in [-0.05, 0) is 49.7 Å². The molecule has 0 radical (unpaired) electrons. The number of hydrogen-bond acceptors (Lipinski definition) is 7. The number of carbonyl (C=O) groups excluding carboxylic acids is 1. The van der Waals surface area contributed by atoms with Gasteiger partial charge in [0.05, 0.1) is 17.2 Å². The third-order valence-electron chi connectivity index (χ3n) is 6.72. The van der Waals surface area contributed by atoms with E-state index >= 15 is 0 Å². The number of para-hydroxylation sites is 1. The summed E-state index contributed by atoms with van der Waals surface area (Å²) in [6, 6.07) is 17.2. The number of oxazole rings is 1. The highest BCUT2D eigenvalue weighted by atomic mass is 32.2. The van der Waals surface area contributed by atoms with Gasteiger partial charge in [0.15, 0.2) is 9.84 Å². The molecular formula is C26H30N4O4S. The Labute approximate surface area is 205 Å². The molecule has 0 unspecified atom stereocenters. The zero-order chi connectivity index (χ0) is 24.4. The molecule has 2 aliphatic rings. The highest BCUT2D eigenvalue weighted by molar-refractivity contribution is 7.91. The van der Waals surface area contributed by atoms with E-state index in [1.165, 1.54) is 5.69 Å². The number of hydrogen-bond donors (Lipinski definition) is 1. The standard InChI is InChI=1S/C26H30N4O4S/c1-19-24(17-29-12-14-30(15-13-29)23-5-3-2-4-6-23)28-26(34-19)21-9-7-20(8-10-21)25(31)27-22-11-16-35(32,33)18-22/h2-10,22H,11-18H2,1H3,(H,27,31)/t22-/m0/s1. The van der Waals surface area contributed by atoms with Crippen molar-refractivity contribution in [3.8, 4) is 11.5 Å². The van der Waals surface area contributed by atoms with Crippen LogP contribution in [0.3, 0.4) is 0 Å². The molecule has 9 heteroatoms. The van der Waals surface area contributed by atoms with Crippen molar-refractivity contribution in [1.29, 1.82) is 0 Å². The summed E-state index contributed by atoms with van der Waals surface area (Å²) in [4.78, 5) is 22.0. The Morgan fingerprint density at radius 2 is 1.77 bits per heavy atom. The summed E-state index contributed by atoms with van der Waals surface area (Å²) in [6.45, 7) is 6.55. The molecule has 0 saturated carbocycles. The third kappa shape index (κ3) is 5.57. The van der Waals surface area contributed by atoms with Crippen LogP contribution in [0.5, 0.6) is 0 Å². The van der Waals surface area contributed by atoms with Gasteiger partial charge in [0.2, 0.25) is 5.89 Å². The van der Waals surface area contributed by atoms with E-state index in [0.29, 0.717) is 17.9 Å². The van der Waals surface area contributed by atoms with Crippen molar-refractivity contribution in [2.75, 3.05) is 42.6 Å². The SMILES string of the molecule is Cc1oc(-c2ccc(C(=O)N[C@H]3CCS(=O)(=O)C3)cc2)nc1CN1CCN(c2ccccc2)CC1. The maximum atomic E-state index is 12.5. The monoisotopic (exact) mass is 494 g/mol. The fourth-order valence-electron chi connectivity index (χ4n) is 4.65. The molecule has 5 rings (SSSR count). The second-order valence-corrected chi connectivity index (χ2v) is 11.5. The van der Waals surface area contributed by atoms with Crippen molar-refractivity contribution in [2.45, 2.75) is 25.9 Å². The van der Waals surface area contributed by atoms with Crippen molar-refractivity contribution in [2.24, 2.45) is 0 Å². The Morgan fingerprint density at radius 3 is 2.43 bits per heavy atom. The molecule has 8 nitrogen and oxygen atoms in total. The minimum Gasteiger partial charge on any atom is -0.441 e. The topological polar surface area (TPSA) is 95.7 Å². The fraction of sp³-hybridized carbons (Fsp3) is 0.385. The van der Waals surface area contributed by atoms with Crippen LogP contribution < -0.4 is 10.2 Å². The van der Waals surface area contributed by atoms with E-state index in [0.717, 1.165) is 49.7 Å². The number of aromatic nitrogens is 1. The number of nitrogens with one attached hydrogen (secondary N) is 1. The second-order valence-electron chi connectivity index (χ2n) is 9.27. The zero-order valence-corrected chi connectivity index (χ0v) is 20.6. The first-order valence-corrected chi connectivity index (χ1v) is 13.8. The van der Waals surface area contributed by atoms with Crippen molar-refractivity contribution in [1.82, 2.24) is 15.2 Å². The smallest absolute Gasteiger partial charge is 0.251 e. The first-order valence-electron chi connectivity index (χ1n) is 12.0. The van der Waals surface area contributed by atoms with Gasteiger partial charge >= 0.3 is 0 Å². The Hall–Kier alpha value is -3.17. The molecular weight excluding hydrogens is 464 g/mol. The number of carbonyl (C=O) groups is 1. The highest BCUT2D eigenvalue weighted by Crippen LogP contribution is 2.24. The fourth-order valence-corrected chi connectivity index (χ4v) is 6.33. The number of sulfone groups is 1. The molecule has 2 aliphatic heterocycles. The molecule has 1 aromatic heterocycles. The summed E-state index contributed by atoms with van der Waals surface area (Å²) >= 11 is 0. The molecule has 3 heterocycles. The van der Waals surface area contributed by atoms with E-state index in [-0.39, 0.29) is 23.5 Å². The Balaban J connectivity index is 1.18. The van der Waals surface area contributed by atoms with Crippen LogP contribution in [0.1, 0.15) is 28.2 Å². The van der Waals surface area contributed by atoms with Crippen molar-refractivity contribution < 1.29 is 17.6 Å². The third-order valence-corrected chi connectivity index (χ3v) is 8.49. The number of nitrogens with zero attached hydrogens (tertiary/aromatic N) is 3. The Bertz CT molecular complexity index is 1280. The quantitative estimate of drug-likeness (QED) is 0.563. The normalized spacial score (nSPS) is 20.1. The van der Waals surface area contributed by atoms with Crippen LogP contribution in [0.2, 0.25) is 0 Å². The molecule has 0 bridgehead atoms. The average molecular weight is 495 g/mol. The molecule has 3 aromatic rings. The number of piperazine rings is 1. The minimum absolute atomic E-state index is 0.0104. The van der Waals surface area contributed by atoms with Crippen LogP contribution >= 0.6 is 0 Å². The molecule has 0 spiro atoms. The summed E-state index contributed by atoms with van der Waals surface area (Å²) in [7, 11) is -3.04. The van der Waals surface area contributed by atoms with Gasteiger partial charge in [0.1, 0.15) is 5.76 Å². The van der Waals surface area contributed by atoms with Crippen LogP contribution in [0.25, 0.3) is 11.5 Å². The van der Waals surface area contributed by atoms with Gasteiger partial charge in [0.25, 0.3) is 5.91 Å². The van der Waals surface area contributed by atoms with Gasteiger partial charge in [-0.3, -0.25) is 9.69 Å². The van der Waals surface area contributed by atoms with Crippen molar-refractivity contribution >= 4 is 21.4 Å². The first-order chi connectivity index (χ1) is 16.9. The Morgan fingerprint density at radius 1 is 1.06 bits per heavy atom. The van der Waals surface area contributed by atoms with Crippen LogP contribution in [0.15, 0.2) is 59.0 Å². The summed E-state index contributed by atoms with van der Waals surface area (Å²) in [6.07, 6.45) is 0.464. The van der Waals surface area contributed by atoms with E-state index in [2.05, 4.69) is 39.4 Å². The van der Waals surface area contributed by atoms with Gasteiger partial charge in [0, 0.05) is 55.6 Å². The maximum absolute atomic E-state index is 12.5. The van der Waals surface area contributed by atoms with Gasteiger partial charge in [-0.25, -0.2) is 13.4 Å². The van der Waals surface area contributed by atoms with Crippen molar-refractivity contribution in [3.05, 3.63) is 71.6 Å². The number of benzene rings is 2. The van der Waals surface area contributed by atoms with Crippen molar-refractivity contribution in [3.63, 3.8) is 0 Å². The molecule has 2 saturated heterocycles. The average Bonchev–Trinajstić information content (AvgIpc) is 3.41.